The first-order valence-electron chi connectivity index (χ1n) is 10.9. The molecule has 0 saturated carbocycles. The maximum absolute atomic E-state index is 11.0. The molecule has 3 aromatic rings. The highest BCUT2D eigenvalue weighted by atomic mass is 35.5. The third-order valence-electron chi connectivity index (χ3n) is 5.23. The third kappa shape index (κ3) is 6.54. The van der Waals surface area contributed by atoms with Gasteiger partial charge < -0.3 is 26.0 Å². The molecule has 2 aromatic heterocycles. The first-order chi connectivity index (χ1) is 16.0. The molecule has 2 heterocycles. The van der Waals surface area contributed by atoms with Crippen LogP contribution in [0.3, 0.4) is 0 Å². The summed E-state index contributed by atoms with van der Waals surface area (Å²) in [7, 11) is 1.59. The Morgan fingerprint density at radius 1 is 1.30 bits per heavy atom. The van der Waals surface area contributed by atoms with Gasteiger partial charge in [0.05, 0.1) is 30.5 Å². The van der Waals surface area contributed by atoms with Gasteiger partial charge >= 0.3 is 5.97 Å². The van der Waals surface area contributed by atoms with E-state index in [9.17, 15) is 4.79 Å². The van der Waals surface area contributed by atoms with Gasteiger partial charge in [-0.1, -0.05) is 17.7 Å². The van der Waals surface area contributed by atoms with Crippen molar-refractivity contribution in [1.29, 1.82) is 0 Å². The number of nitrogens with one attached hydrogen (secondary N) is 1. The van der Waals surface area contributed by atoms with Gasteiger partial charge in [0.1, 0.15) is 22.2 Å². The van der Waals surface area contributed by atoms with Crippen molar-refractivity contribution in [2.24, 2.45) is 5.73 Å². The number of ether oxygens (including phenoxy) is 1. The van der Waals surface area contributed by atoms with E-state index in [2.05, 4.69) is 15.3 Å². The molecule has 178 valence electrons. The van der Waals surface area contributed by atoms with Gasteiger partial charge in [0.15, 0.2) is 0 Å². The fraction of sp³-hybridized carbons (Fsp3) is 0.435. The van der Waals surface area contributed by atoms with Crippen molar-refractivity contribution in [1.82, 2.24) is 9.97 Å². The molecule has 0 spiro atoms. The standard InChI is InChI=1S/C21H22ClN3O3S.C2H7NO/c1-28-15-7-6-12(10-14(15)22)11-23-20-19-13-4-2-3-5-16(13)29-21(19)25-17(24-20)8-9-18(26)27;3-1-2-4/h6-7,10H,2-5,8-9,11H2,1H3,(H,26,27)(H,23,24,25);4H,1-3H2. The van der Waals surface area contributed by atoms with Crippen LogP contribution in [0.5, 0.6) is 5.75 Å². The van der Waals surface area contributed by atoms with Gasteiger partial charge in [-0.2, -0.15) is 0 Å². The molecule has 1 aromatic carbocycles. The molecule has 0 amide bonds. The second-order valence-corrected chi connectivity index (χ2v) is 9.10. The molecule has 5 N–H and O–H groups in total. The molecule has 0 saturated heterocycles. The number of aliphatic hydroxyl groups is 1. The van der Waals surface area contributed by atoms with Crippen LogP contribution in [-0.2, 0) is 30.6 Å². The minimum absolute atomic E-state index is 0.0180. The number of benzene rings is 1. The number of methoxy groups -OCH3 is 1. The molecule has 8 nitrogen and oxygen atoms in total. The Kier molecular flexibility index (Phi) is 9.25. The van der Waals surface area contributed by atoms with Crippen molar-refractivity contribution in [2.75, 3.05) is 25.6 Å². The van der Waals surface area contributed by atoms with E-state index in [1.165, 1.54) is 23.3 Å². The van der Waals surface area contributed by atoms with E-state index in [-0.39, 0.29) is 13.0 Å². The molecule has 0 unspecified atom stereocenters. The summed E-state index contributed by atoms with van der Waals surface area (Å²) in [6.45, 7) is 1.03. The van der Waals surface area contributed by atoms with E-state index in [0.29, 0.717) is 36.1 Å². The van der Waals surface area contributed by atoms with Crippen LogP contribution >= 0.6 is 22.9 Å². The van der Waals surface area contributed by atoms with Crippen molar-refractivity contribution in [3.8, 4) is 5.75 Å². The van der Waals surface area contributed by atoms with Crippen LogP contribution in [0.1, 0.15) is 41.1 Å². The molecule has 0 aliphatic heterocycles. The van der Waals surface area contributed by atoms with Gasteiger partial charge in [-0.05, 0) is 48.9 Å². The first-order valence-corrected chi connectivity index (χ1v) is 12.1. The Hall–Kier alpha value is -2.46. The summed E-state index contributed by atoms with van der Waals surface area (Å²) < 4.78 is 5.21. The lowest BCUT2D eigenvalue weighted by Gasteiger charge is -2.14. The number of carbonyl (C=O) groups is 1. The molecule has 1 aliphatic rings. The van der Waals surface area contributed by atoms with Crippen LogP contribution in [0.25, 0.3) is 10.2 Å². The Balaban J connectivity index is 0.000000709. The smallest absolute Gasteiger partial charge is 0.303 e. The van der Waals surface area contributed by atoms with Crippen molar-refractivity contribution in [3.05, 3.63) is 45.1 Å². The van der Waals surface area contributed by atoms with Crippen LogP contribution in [-0.4, -0.2) is 46.4 Å². The molecule has 10 heteroatoms. The molecule has 4 rings (SSSR count). The van der Waals surface area contributed by atoms with Crippen LogP contribution in [0.2, 0.25) is 5.02 Å². The Morgan fingerprint density at radius 2 is 2.06 bits per heavy atom. The van der Waals surface area contributed by atoms with Gasteiger partial charge in [0.2, 0.25) is 0 Å². The van der Waals surface area contributed by atoms with Crippen molar-refractivity contribution in [3.63, 3.8) is 0 Å². The van der Waals surface area contributed by atoms with Gasteiger partial charge in [-0.25, -0.2) is 9.97 Å². The number of halogens is 1. The topological polar surface area (TPSA) is 131 Å². The molecule has 0 bridgehead atoms. The second-order valence-electron chi connectivity index (χ2n) is 7.61. The lowest BCUT2D eigenvalue weighted by Crippen LogP contribution is -2.08. The summed E-state index contributed by atoms with van der Waals surface area (Å²) in [5.74, 6) is 1.14. The van der Waals surface area contributed by atoms with E-state index in [1.54, 1.807) is 18.4 Å². The zero-order valence-electron chi connectivity index (χ0n) is 18.6. The lowest BCUT2D eigenvalue weighted by molar-refractivity contribution is -0.137. The Bertz CT molecular complexity index is 1100. The van der Waals surface area contributed by atoms with Crippen molar-refractivity contribution in [2.45, 2.75) is 45.1 Å². The number of aliphatic carboxylic acids is 1. The van der Waals surface area contributed by atoms with Gasteiger partial charge in [-0.15, -0.1) is 11.3 Å². The van der Waals surface area contributed by atoms with Crippen molar-refractivity contribution < 1.29 is 19.7 Å². The number of carboxylic acids is 1. The minimum Gasteiger partial charge on any atom is -0.495 e. The number of anilines is 1. The number of thiophene rings is 1. The summed E-state index contributed by atoms with van der Waals surface area (Å²) in [5, 5.41) is 21.9. The van der Waals surface area contributed by atoms with Gasteiger partial charge in [-0.3, -0.25) is 4.79 Å². The fourth-order valence-corrected chi connectivity index (χ4v) is 5.23. The molecule has 0 fully saturated rings. The SMILES string of the molecule is COc1ccc(CNc2nc(CCC(=O)O)nc3sc4c(c23)CCCC4)cc1Cl.NCCO. The number of nitrogens with two attached hydrogens (primary N) is 1. The fourth-order valence-electron chi connectivity index (χ4n) is 3.67. The third-order valence-corrected chi connectivity index (χ3v) is 6.71. The molecule has 33 heavy (non-hydrogen) atoms. The number of hydrogen-bond donors (Lipinski definition) is 4. The van der Waals surface area contributed by atoms with Crippen LogP contribution < -0.4 is 15.8 Å². The Labute approximate surface area is 201 Å². The maximum atomic E-state index is 11.0. The monoisotopic (exact) mass is 492 g/mol. The normalized spacial score (nSPS) is 12.6. The minimum atomic E-state index is -0.846. The van der Waals surface area contributed by atoms with Crippen molar-refractivity contribution >= 4 is 44.9 Å². The number of aryl methyl sites for hydroxylation is 3. The quantitative estimate of drug-likeness (QED) is 0.373. The average molecular weight is 493 g/mol. The average Bonchev–Trinajstić information content (AvgIpc) is 3.20. The number of carboxylic acid groups (broad SMARTS) is 1. The zero-order chi connectivity index (χ0) is 23.8. The van der Waals surface area contributed by atoms with Crippen LogP contribution in [0, 0.1) is 0 Å². The molecule has 0 radical (unpaired) electrons. The highest BCUT2D eigenvalue weighted by Gasteiger charge is 2.21. The van der Waals surface area contributed by atoms with E-state index < -0.39 is 5.97 Å². The highest BCUT2D eigenvalue weighted by molar-refractivity contribution is 7.19. The summed E-state index contributed by atoms with van der Waals surface area (Å²) in [4.78, 5) is 22.7. The summed E-state index contributed by atoms with van der Waals surface area (Å²) in [6.07, 6.45) is 4.82. The van der Waals surface area contributed by atoms with Crippen LogP contribution in [0.15, 0.2) is 18.2 Å². The highest BCUT2D eigenvalue weighted by Crippen LogP contribution is 2.39. The summed E-state index contributed by atoms with van der Waals surface area (Å²) in [6, 6.07) is 5.68. The van der Waals surface area contributed by atoms with Gasteiger partial charge in [0.25, 0.3) is 0 Å². The number of hydrogen-bond acceptors (Lipinski definition) is 8. The zero-order valence-corrected chi connectivity index (χ0v) is 20.1. The largest absolute Gasteiger partial charge is 0.495 e. The molecular formula is C23H29ClN4O4S. The van der Waals surface area contributed by atoms with E-state index >= 15 is 0 Å². The maximum Gasteiger partial charge on any atom is 0.303 e. The predicted molar refractivity (Wildman–Crippen MR) is 131 cm³/mol. The number of fused-ring (bicyclic) bond motifs is 3. The summed E-state index contributed by atoms with van der Waals surface area (Å²) >= 11 is 7.96. The molecule has 0 atom stereocenters. The first kappa shape index (κ1) is 25.2. The molecule has 1 aliphatic carbocycles. The number of aliphatic hydroxyl groups excluding tert-OH is 1. The van der Waals surface area contributed by atoms with Gasteiger partial charge in [0, 0.05) is 24.4 Å². The van der Waals surface area contributed by atoms with E-state index in [1.807, 2.05) is 18.2 Å². The predicted octanol–water partition coefficient (Wildman–Crippen LogP) is 3.80. The number of aromatic nitrogens is 2. The molecular weight excluding hydrogens is 464 g/mol. The second kappa shape index (κ2) is 12.1. The summed E-state index contributed by atoms with van der Waals surface area (Å²) in [5.41, 5.74) is 7.13. The van der Waals surface area contributed by atoms with E-state index in [0.717, 1.165) is 34.4 Å². The lowest BCUT2D eigenvalue weighted by atomic mass is 9.97. The van der Waals surface area contributed by atoms with Crippen LogP contribution in [0.4, 0.5) is 5.82 Å². The number of nitrogens with zero attached hydrogens (tertiary/aromatic N) is 2. The Morgan fingerprint density at radius 3 is 2.73 bits per heavy atom. The van der Waals surface area contributed by atoms with E-state index in [4.69, 9.17) is 32.3 Å². The number of rotatable bonds is 8.